The first-order valence-corrected chi connectivity index (χ1v) is 13.0. The fraction of sp³-hybridized carbons (Fsp3) is 0.0606. The molecule has 0 amide bonds. The Morgan fingerprint density at radius 1 is 0.553 bits per heavy atom. The number of rotatable bonds is 7. The van der Waals surface area contributed by atoms with Gasteiger partial charge in [0.25, 0.3) is 0 Å². The van der Waals surface area contributed by atoms with Crippen LogP contribution in [0.2, 0.25) is 0 Å². The van der Waals surface area contributed by atoms with Crippen LogP contribution in [-0.2, 0) is 11.9 Å². The Hall–Kier alpha value is -4.77. The molecule has 1 heterocycles. The van der Waals surface area contributed by atoms with Crippen molar-refractivity contribution in [2.45, 2.75) is 11.9 Å². The Bertz CT molecular complexity index is 1530. The Kier molecular flexibility index (Phi) is 6.41. The minimum absolute atomic E-state index is 0.590. The summed E-state index contributed by atoms with van der Waals surface area (Å²) in [6.07, 6.45) is 1.01. The summed E-state index contributed by atoms with van der Waals surface area (Å²) in [4.78, 5) is 1.78. The molecule has 38 heavy (non-hydrogen) atoms. The summed E-state index contributed by atoms with van der Waals surface area (Å²) in [7, 11) is 2.17. The van der Waals surface area contributed by atoms with Gasteiger partial charge in [-0.15, -0.1) is 15.0 Å². The minimum Gasteiger partial charge on any atom is -0.144 e. The second kappa shape index (κ2) is 10.3. The number of benzene rings is 5. The maximum Gasteiger partial charge on any atom is 0.205 e. The van der Waals surface area contributed by atoms with Crippen LogP contribution >= 0.6 is 0 Å². The molecule has 0 saturated heterocycles. The van der Waals surface area contributed by atoms with Crippen LogP contribution < -0.4 is 0 Å². The average Bonchev–Trinajstić information content (AvgIpc) is 3.50. The summed E-state index contributed by atoms with van der Waals surface area (Å²) >= 11 is 0. The van der Waals surface area contributed by atoms with Crippen LogP contribution in [-0.4, -0.2) is 28.1 Å². The Morgan fingerprint density at radius 2 is 1.03 bits per heavy atom. The summed E-state index contributed by atoms with van der Waals surface area (Å²) in [5.74, 6) is 0.590. The topological polar surface area (TPSA) is 43.6 Å². The van der Waals surface area contributed by atoms with Gasteiger partial charge in [0.15, 0.2) is 5.54 Å². The Labute approximate surface area is 224 Å². The van der Waals surface area contributed by atoms with E-state index in [0.29, 0.717) is 5.82 Å². The second-order valence-electron chi connectivity index (χ2n) is 9.31. The third kappa shape index (κ3) is 4.12. The van der Waals surface area contributed by atoms with Gasteiger partial charge in [0.1, 0.15) is 7.85 Å². The molecular weight excluding hydrogens is 463 g/mol. The van der Waals surface area contributed by atoms with Crippen LogP contribution in [0.15, 0.2) is 140 Å². The molecule has 182 valence electrons. The lowest BCUT2D eigenvalue weighted by Crippen LogP contribution is -2.39. The highest BCUT2D eigenvalue weighted by molar-refractivity contribution is 6.08. The monoisotopic (exact) mass is 490 g/mol. The van der Waals surface area contributed by atoms with Gasteiger partial charge in [0, 0.05) is 5.56 Å². The van der Waals surface area contributed by atoms with Crippen molar-refractivity contribution in [1.29, 1.82) is 0 Å². The lowest BCUT2D eigenvalue weighted by Gasteiger charge is -2.34. The van der Waals surface area contributed by atoms with Gasteiger partial charge in [-0.3, -0.25) is 0 Å². The zero-order valence-electron chi connectivity index (χ0n) is 21.3. The molecule has 0 aliphatic heterocycles. The first-order valence-electron chi connectivity index (χ1n) is 13.0. The van der Waals surface area contributed by atoms with Crippen molar-refractivity contribution in [3.05, 3.63) is 162 Å². The molecule has 4 nitrogen and oxygen atoms in total. The van der Waals surface area contributed by atoms with E-state index in [-0.39, 0.29) is 0 Å². The average molecular weight is 490 g/mol. The summed E-state index contributed by atoms with van der Waals surface area (Å²) in [5, 5.41) is 14.5. The van der Waals surface area contributed by atoms with Gasteiger partial charge in [-0.1, -0.05) is 151 Å². The molecule has 5 heteroatoms. The second-order valence-corrected chi connectivity index (χ2v) is 9.31. The first-order chi connectivity index (χ1) is 18.8. The standard InChI is InChI=1S/C33H27BN4/c34-24-25-20-22-26(23-21-25)30-18-10-11-19-31(30)32-35-37-38(36-32)33(27-12-4-1-5-13-27,28-14-6-2-7-15-28)29-16-8-3-9-17-29/h1-23H,24,34H2. The molecule has 1 aromatic heterocycles. The van der Waals surface area contributed by atoms with Crippen LogP contribution in [0.5, 0.6) is 0 Å². The maximum atomic E-state index is 5.10. The molecule has 0 atom stereocenters. The van der Waals surface area contributed by atoms with Gasteiger partial charge in [0.2, 0.25) is 5.82 Å². The summed E-state index contributed by atoms with van der Waals surface area (Å²) in [6, 6.07) is 48.2. The fourth-order valence-corrected chi connectivity index (χ4v) is 5.20. The molecule has 0 fully saturated rings. The fourth-order valence-electron chi connectivity index (χ4n) is 5.20. The van der Waals surface area contributed by atoms with Gasteiger partial charge < -0.3 is 0 Å². The molecule has 0 radical (unpaired) electrons. The van der Waals surface area contributed by atoms with Crippen LogP contribution in [0.3, 0.4) is 0 Å². The SMILES string of the molecule is BCc1ccc(-c2ccccc2-c2nnn(C(c3ccccc3)(c3ccccc3)c3ccccc3)n2)cc1. The number of hydrogen-bond acceptors (Lipinski definition) is 3. The number of nitrogens with zero attached hydrogens (tertiary/aromatic N) is 4. The lowest BCUT2D eigenvalue weighted by molar-refractivity contribution is 0.396. The Morgan fingerprint density at radius 3 is 1.53 bits per heavy atom. The minimum atomic E-state index is -0.799. The number of tetrazole rings is 1. The normalized spacial score (nSPS) is 11.4. The predicted octanol–water partition coefficient (Wildman–Crippen LogP) is 5.98. The highest BCUT2D eigenvalue weighted by Crippen LogP contribution is 2.40. The molecule has 0 unspecified atom stereocenters. The van der Waals surface area contributed by atoms with Crippen molar-refractivity contribution in [2.75, 3.05) is 0 Å². The van der Waals surface area contributed by atoms with Gasteiger partial charge in [-0.25, -0.2) is 0 Å². The summed E-state index contributed by atoms with van der Waals surface area (Å²) in [5.41, 5.74) is 6.86. The van der Waals surface area contributed by atoms with Crippen molar-refractivity contribution in [2.24, 2.45) is 0 Å². The van der Waals surface area contributed by atoms with Gasteiger partial charge in [-0.2, -0.15) is 0 Å². The van der Waals surface area contributed by atoms with E-state index in [1.807, 2.05) is 24.3 Å². The molecule has 0 spiro atoms. The van der Waals surface area contributed by atoms with E-state index in [9.17, 15) is 0 Å². The largest absolute Gasteiger partial charge is 0.205 e. The molecule has 0 saturated carbocycles. The van der Waals surface area contributed by atoms with E-state index in [1.165, 1.54) is 5.56 Å². The highest BCUT2D eigenvalue weighted by atomic mass is 15.6. The van der Waals surface area contributed by atoms with Crippen molar-refractivity contribution in [3.8, 4) is 22.5 Å². The van der Waals surface area contributed by atoms with E-state index in [0.717, 1.165) is 39.7 Å². The van der Waals surface area contributed by atoms with E-state index in [2.05, 4.69) is 128 Å². The van der Waals surface area contributed by atoms with Crippen molar-refractivity contribution in [1.82, 2.24) is 20.2 Å². The van der Waals surface area contributed by atoms with Crippen molar-refractivity contribution < 1.29 is 0 Å². The molecular formula is C33H27BN4. The van der Waals surface area contributed by atoms with E-state index in [4.69, 9.17) is 10.3 Å². The van der Waals surface area contributed by atoms with E-state index in [1.54, 1.807) is 4.80 Å². The zero-order valence-corrected chi connectivity index (χ0v) is 21.3. The molecule has 5 aromatic carbocycles. The van der Waals surface area contributed by atoms with Gasteiger partial charge >= 0.3 is 0 Å². The van der Waals surface area contributed by atoms with E-state index >= 15 is 0 Å². The highest BCUT2D eigenvalue weighted by Gasteiger charge is 2.41. The third-order valence-electron chi connectivity index (χ3n) is 7.13. The molecule has 0 N–H and O–H groups in total. The third-order valence-corrected chi connectivity index (χ3v) is 7.13. The number of aromatic nitrogens is 4. The summed E-state index contributed by atoms with van der Waals surface area (Å²) < 4.78 is 0. The van der Waals surface area contributed by atoms with E-state index < -0.39 is 5.54 Å². The molecule has 0 aliphatic carbocycles. The van der Waals surface area contributed by atoms with Crippen LogP contribution in [0.25, 0.3) is 22.5 Å². The summed E-state index contributed by atoms with van der Waals surface area (Å²) in [6.45, 7) is 0. The van der Waals surface area contributed by atoms with Crippen molar-refractivity contribution in [3.63, 3.8) is 0 Å². The van der Waals surface area contributed by atoms with Crippen LogP contribution in [0, 0.1) is 0 Å². The van der Waals surface area contributed by atoms with Gasteiger partial charge in [-0.05, 0) is 33.0 Å². The Balaban J connectivity index is 1.57. The lowest BCUT2D eigenvalue weighted by atomic mass is 9.77. The smallest absolute Gasteiger partial charge is 0.144 e. The molecule has 0 aliphatic rings. The zero-order chi connectivity index (χ0) is 25.8. The van der Waals surface area contributed by atoms with Gasteiger partial charge in [0.05, 0.1) is 0 Å². The van der Waals surface area contributed by atoms with Crippen LogP contribution in [0.1, 0.15) is 22.3 Å². The maximum absolute atomic E-state index is 5.10. The molecule has 0 bridgehead atoms. The van der Waals surface area contributed by atoms with Crippen LogP contribution in [0.4, 0.5) is 0 Å². The quantitative estimate of drug-likeness (QED) is 0.204. The molecule has 6 rings (SSSR count). The van der Waals surface area contributed by atoms with Crippen molar-refractivity contribution >= 4 is 7.85 Å². The molecule has 6 aromatic rings. The number of hydrogen-bond donors (Lipinski definition) is 0. The first kappa shape index (κ1) is 23.6. The predicted molar refractivity (Wildman–Crippen MR) is 156 cm³/mol.